The highest BCUT2D eigenvalue weighted by atomic mass is 15.1. The van der Waals surface area contributed by atoms with Crippen LogP contribution in [-0.2, 0) is 6.54 Å². The summed E-state index contributed by atoms with van der Waals surface area (Å²) in [5.74, 6) is 0. The molecule has 2 rings (SSSR count). The molecule has 4 nitrogen and oxygen atoms in total. The third-order valence-electron chi connectivity index (χ3n) is 2.65. The van der Waals surface area contributed by atoms with Crippen LogP contribution in [0.4, 0.5) is 0 Å². The van der Waals surface area contributed by atoms with Crippen LogP contribution >= 0.6 is 0 Å². The van der Waals surface area contributed by atoms with Gasteiger partial charge in [0, 0.05) is 44.6 Å². The summed E-state index contributed by atoms with van der Waals surface area (Å²) >= 11 is 0. The second-order valence-electron chi connectivity index (χ2n) is 3.80. The predicted octanol–water partition coefficient (Wildman–Crippen LogP) is 0.225. The van der Waals surface area contributed by atoms with Crippen LogP contribution in [0.2, 0.25) is 0 Å². The minimum atomic E-state index is 0.660. The Kier molecular flexibility index (Phi) is 3.54. The van der Waals surface area contributed by atoms with Crippen LogP contribution in [0.25, 0.3) is 0 Å². The number of hydrogen-bond donors (Lipinski definition) is 2. The SMILES string of the molecule is c1cn(CCCC2CNCCN2)cn1. The number of aromatic nitrogens is 2. The van der Waals surface area contributed by atoms with E-state index in [4.69, 9.17) is 0 Å². The molecule has 1 aliphatic heterocycles. The van der Waals surface area contributed by atoms with Crippen LogP contribution in [0.3, 0.4) is 0 Å². The van der Waals surface area contributed by atoms with Gasteiger partial charge in [-0.15, -0.1) is 0 Å². The molecule has 1 atom stereocenters. The van der Waals surface area contributed by atoms with Crippen molar-refractivity contribution < 1.29 is 0 Å². The van der Waals surface area contributed by atoms with E-state index in [2.05, 4.69) is 20.2 Å². The van der Waals surface area contributed by atoms with Gasteiger partial charge in [-0.3, -0.25) is 0 Å². The van der Waals surface area contributed by atoms with Gasteiger partial charge in [0.05, 0.1) is 6.33 Å². The van der Waals surface area contributed by atoms with Crippen molar-refractivity contribution in [3.8, 4) is 0 Å². The molecule has 0 bridgehead atoms. The van der Waals surface area contributed by atoms with Gasteiger partial charge in [0.25, 0.3) is 0 Å². The van der Waals surface area contributed by atoms with Gasteiger partial charge < -0.3 is 15.2 Å². The first-order chi connectivity index (χ1) is 6.95. The van der Waals surface area contributed by atoms with Gasteiger partial charge in [-0.05, 0) is 12.8 Å². The third kappa shape index (κ3) is 2.82. The summed E-state index contributed by atoms with van der Waals surface area (Å²) in [6, 6.07) is 0.660. The zero-order valence-corrected chi connectivity index (χ0v) is 8.45. The lowest BCUT2D eigenvalue weighted by Gasteiger charge is -2.24. The van der Waals surface area contributed by atoms with Crippen LogP contribution in [0.1, 0.15) is 12.8 Å². The largest absolute Gasteiger partial charge is 0.337 e. The van der Waals surface area contributed by atoms with Crippen LogP contribution in [0, 0.1) is 0 Å². The van der Waals surface area contributed by atoms with Crippen molar-refractivity contribution >= 4 is 0 Å². The normalized spacial score (nSPS) is 22.4. The van der Waals surface area contributed by atoms with Crippen molar-refractivity contribution in [1.82, 2.24) is 20.2 Å². The lowest BCUT2D eigenvalue weighted by atomic mass is 10.1. The number of hydrogen-bond acceptors (Lipinski definition) is 3. The monoisotopic (exact) mass is 194 g/mol. The van der Waals surface area contributed by atoms with E-state index < -0.39 is 0 Å². The fourth-order valence-electron chi connectivity index (χ4n) is 1.86. The fourth-order valence-corrected chi connectivity index (χ4v) is 1.86. The van der Waals surface area contributed by atoms with Gasteiger partial charge in [-0.25, -0.2) is 4.98 Å². The van der Waals surface area contributed by atoms with Crippen LogP contribution in [-0.4, -0.2) is 35.2 Å². The first-order valence-corrected chi connectivity index (χ1v) is 5.35. The van der Waals surface area contributed by atoms with E-state index in [-0.39, 0.29) is 0 Å². The molecule has 0 aromatic carbocycles. The molecule has 14 heavy (non-hydrogen) atoms. The average Bonchev–Trinajstić information content (AvgIpc) is 2.72. The number of imidazole rings is 1. The molecule has 1 aromatic rings. The number of rotatable bonds is 4. The number of nitrogens with one attached hydrogen (secondary N) is 2. The van der Waals surface area contributed by atoms with Crippen molar-refractivity contribution in [2.45, 2.75) is 25.4 Å². The molecule has 0 aliphatic carbocycles. The molecule has 0 spiro atoms. The first-order valence-electron chi connectivity index (χ1n) is 5.35. The smallest absolute Gasteiger partial charge is 0.0945 e. The van der Waals surface area contributed by atoms with Crippen molar-refractivity contribution in [3.63, 3.8) is 0 Å². The molecule has 1 aromatic heterocycles. The Morgan fingerprint density at radius 1 is 1.43 bits per heavy atom. The van der Waals surface area contributed by atoms with Gasteiger partial charge in [0.1, 0.15) is 0 Å². The average molecular weight is 194 g/mol. The predicted molar refractivity (Wildman–Crippen MR) is 56.1 cm³/mol. The van der Waals surface area contributed by atoms with Crippen LogP contribution < -0.4 is 10.6 Å². The van der Waals surface area contributed by atoms with E-state index in [0.717, 1.165) is 26.2 Å². The molecule has 1 unspecified atom stereocenters. The summed E-state index contributed by atoms with van der Waals surface area (Å²) in [6.45, 7) is 4.41. The zero-order chi connectivity index (χ0) is 9.64. The summed E-state index contributed by atoms with van der Waals surface area (Å²) in [5.41, 5.74) is 0. The molecule has 1 saturated heterocycles. The number of nitrogens with zero attached hydrogens (tertiary/aromatic N) is 2. The summed E-state index contributed by atoms with van der Waals surface area (Å²) in [6.07, 6.45) is 8.19. The van der Waals surface area contributed by atoms with E-state index in [1.807, 2.05) is 18.7 Å². The van der Waals surface area contributed by atoms with Gasteiger partial charge in [0.15, 0.2) is 0 Å². The highest BCUT2D eigenvalue weighted by molar-refractivity contribution is 4.77. The minimum absolute atomic E-state index is 0.660. The third-order valence-corrected chi connectivity index (χ3v) is 2.65. The van der Waals surface area contributed by atoms with E-state index in [1.54, 1.807) is 0 Å². The summed E-state index contributed by atoms with van der Waals surface area (Å²) < 4.78 is 2.14. The molecule has 1 fully saturated rings. The maximum atomic E-state index is 4.02. The Bertz CT molecular complexity index is 239. The molecule has 2 N–H and O–H groups in total. The molecule has 2 heterocycles. The first kappa shape index (κ1) is 9.68. The molecule has 0 amide bonds. The van der Waals surface area contributed by atoms with Crippen molar-refractivity contribution in [2.24, 2.45) is 0 Å². The van der Waals surface area contributed by atoms with Gasteiger partial charge in [0.2, 0.25) is 0 Å². The van der Waals surface area contributed by atoms with E-state index in [9.17, 15) is 0 Å². The maximum Gasteiger partial charge on any atom is 0.0945 e. The highest BCUT2D eigenvalue weighted by Crippen LogP contribution is 2.01. The van der Waals surface area contributed by atoms with E-state index in [0.29, 0.717) is 6.04 Å². The molecule has 78 valence electrons. The molecular weight excluding hydrogens is 176 g/mol. The number of aryl methyl sites for hydroxylation is 1. The Labute approximate surface area is 84.7 Å². The lowest BCUT2D eigenvalue weighted by Crippen LogP contribution is -2.48. The van der Waals surface area contributed by atoms with E-state index >= 15 is 0 Å². The van der Waals surface area contributed by atoms with Gasteiger partial charge in [-0.1, -0.05) is 0 Å². The standard InChI is InChI=1S/C10H18N4/c1(6-14-7-5-12-9-14)2-10-8-11-3-4-13-10/h5,7,9-11,13H,1-4,6,8H2. The lowest BCUT2D eigenvalue weighted by molar-refractivity contribution is 0.384. The molecule has 4 heteroatoms. The van der Waals surface area contributed by atoms with Crippen LogP contribution in [0.5, 0.6) is 0 Å². The topological polar surface area (TPSA) is 41.9 Å². The Balaban J connectivity index is 1.62. The van der Waals surface area contributed by atoms with Crippen molar-refractivity contribution in [1.29, 1.82) is 0 Å². The summed E-state index contributed by atoms with van der Waals surface area (Å²) in [4.78, 5) is 4.02. The summed E-state index contributed by atoms with van der Waals surface area (Å²) in [7, 11) is 0. The van der Waals surface area contributed by atoms with Gasteiger partial charge >= 0.3 is 0 Å². The second kappa shape index (κ2) is 5.12. The zero-order valence-electron chi connectivity index (χ0n) is 8.45. The Morgan fingerprint density at radius 2 is 2.43 bits per heavy atom. The van der Waals surface area contributed by atoms with Crippen molar-refractivity contribution in [2.75, 3.05) is 19.6 Å². The second-order valence-corrected chi connectivity index (χ2v) is 3.80. The molecule has 0 radical (unpaired) electrons. The maximum absolute atomic E-state index is 4.02. The Hall–Kier alpha value is -0.870. The molecular formula is C10H18N4. The molecule has 1 aliphatic rings. The quantitative estimate of drug-likeness (QED) is 0.720. The molecule has 0 saturated carbocycles. The number of piperazine rings is 1. The van der Waals surface area contributed by atoms with Crippen LogP contribution in [0.15, 0.2) is 18.7 Å². The Morgan fingerprint density at radius 3 is 3.14 bits per heavy atom. The van der Waals surface area contributed by atoms with Crippen molar-refractivity contribution in [3.05, 3.63) is 18.7 Å². The van der Waals surface area contributed by atoms with Gasteiger partial charge in [-0.2, -0.15) is 0 Å². The minimum Gasteiger partial charge on any atom is -0.337 e. The highest BCUT2D eigenvalue weighted by Gasteiger charge is 2.10. The summed E-state index contributed by atoms with van der Waals surface area (Å²) in [5, 5.41) is 6.91. The van der Waals surface area contributed by atoms with E-state index in [1.165, 1.54) is 12.8 Å². The fraction of sp³-hybridized carbons (Fsp3) is 0.700.